The monoisotopic (exact) mass is 237 g/mol. The molecule has 0 radical (unpaired) electrons. The van der Waals surface area contributed by atoms with E-state index in [0.29, 0.717) is 11.7 Å². The summed E-state index contributed by atoms with van der Waals surface area (Å²) < 4.78 is 5.18. The summed E-state index contributed by atoms with van der Waals surface area (Å²) in [6.07, 6.45) is 2.22. The van der Waals surface area contributed by atoms with E-state index in [9.17, 15) is 0 Å². The minimum absolute atomic E-state index is 0.235. The van der Waals surface area contributed by atoms with Crippen LogP contribution in [0.4, 0.5) is 17.6 Å². The van der Waals surface area contributed by atoms with Crippen LogP contribution >= 0.6 is 0 Å². The maximum Gasteiger partial charge on any atom is 0.223 e. The second-order valence-corrected chi connectivity index (χ2v) is 4.39. The number of aromatic nitrogens is 2. The minimum atomic E-state index is 0.235. The van der Waals surface area contributed by atoms with E-state index in [2.05, 4.69) is 14.9 Å². The van der Waals surface area contributed by atoms with Gasteiger partial charge in [0.15, 0.2) is 0 Å². The number of hydrogen-bond acceptors (Lipinski definition) is 6. The minimum Gasteiger partial charge on any atom is -0.384 e. The summed E-state index contributed by atoms with van der Waals surface area (Å²) in [4.78, 5) is 10.3. The van der Waals surface area contributed by atoms with Crippen molar-refractivity contribution in [2.45, 2.75) is 12.8 Å². The van der Waals surface area contributed by atoms with Crippen molar-refractivity contribution in [3.05, 3.63) is 6.07 Å². The van der Waals surface area contributed by atoms with E-state index in [-0.39, 0.29) is 5.95 Å². The Kier molecular flexibility index (Phi) is 3.63. The maximum atomic E-state index is 5.66. The van der Waals surface area contributed by atoms with E-state index in [1.807, 2.05) is 0 Å². The van der Waals surface area contributed by atoms with Gasteiger partial charge in [-0.1, -0.05) is 0 Å². The zero-order chi connectivity index (χ0) is 12.3. The quantitative estimate of drug-likeness (QED) is 0.795. The lowest BCUT2D eigenvalue weighted by Crippen LogP contribution is -2.35. The van der Waals surface area contributed by atoms with Crippen molar-refractivity contribution in [3.8, 4) is 0 Å². The largest absolute Gasteiger partial charge is 0.384 e. The van der Waals surface area contributed by atoms with Crippen LogP contribution in [0.3, 0.4) is 0 Å². The third-order valence-corrected chi connectivity index (χ3v) is 3.09. The molecule has 1 aromatic heterocycles. The van der Waals surface area contributed by atoms with Gasteiger partial charge in [-0.3, -0.25) is 0 Å². The number of ether oxygens (including phenoxy) is 1. The number of piperidine rings is 1. The summed E-state index contributed by atoms with van der Waals surface area (Å²) in [7, 11) is 1.75. The van der Waals surface area contributed by atoms with Gasteiger partial charge in [-0.25, -0.2) is 0 Å². The summed E-state index contributed by atoms with van der Waals surface area (Å²) in [5.41, 5.74) is 11.3. The maximum absolute atomic E-state index is 5.66. The molecule has 0 saturated carbocycles. The van der Waals surface area contributed by atoms with Crippen molar-refractivity contribution in [2.24, 2.45) is 5.92 Å². The lowest BCUT2D eigenvalue weighted by atomic mass is 9.98. The fourth-order valence-corrected chi connectivity index (χ4v) is 2.20. The molecular weight excluding hydrogens is 218 g/mol. The average molecular weight is 237 g/mol. The van der Waals surface area contributed by atoms with E-state index >= 15 is 0 Å². The Morgan fingerprint density at radius 2 is 2.06 bits per heavy atom. The van der Waals surface area contributed by atoms with Gasteiger partial charge in [-0.05, 0) is 18.8 Å². The van der Waals surface area contributed by atoms with Crippen molar-refractivity contribution in [3.63, 3.8) is 0 Å². The molecule has 4 N–H and O–H groups in total. The van der Waals surface area contributed by atoms with Gasteiger partial charge in [0.1, 0.15) is 11.6 Å². The molecule has 1 aromatic rings. The molecule has 0 amide bonds. The fourth-order valence-electron chi connectivity index (χ4n) is 2.20. The second kappa shape index (κ2) is 5.18. The molecule has 1 fully saturated rings. The number of methoxy groups -OCH3 is 1. The van der Waals surface area contributed by atoms with Gasteiger partial charge < -0.3 is 21.1 Å². The molecule has 1 aliphatic rings. The van der Waals surface area contributed by atoms with Gasteiger partial charge in [0.05, 0.1) is 0 Å². The highest BCUT2D eigenvalue weighted by Gasteiger charge is 2.20. The van der Waals surface area contributed by atoms with Gasteiger partial charge >= 0.3 is 0 Å². The van der Waals surface area contributed by atoms with E-state index in [4.69, 9.17) is 16.2 Å². The first-order valence-corrected chi connectivity index (χ1v) is 5.83. The Balaban J connectivity index is 2.00. The number of hydrogen-bond donors (Lipinski definition) is 2. The van der Waals surface area contributed by atoms with Crippen molar-refractivity contribution in [1.82, 2.24) is 9.97 Å². The number of nitrogens with zero attached hydrogens (tertiary/aromatic N) is 3. The zero-order valence-corrected chi connectivity index (χ0v) is 10.1. The Bertz CT molecular complexity index is 356. The fraction of sp³-hybridized carbons (Fsp3) is 0.636. The lowest BCUT2D eigenvalue weighted by molar-refractivity contribution is 0.139. The highest BCUT2D eigenvalue weighted by molar-refractivity contribution is 5.50. The normalized spacial score (nSPS) is 17.4. The SMILES string of the molecule is COCC1CCN(c2cc(N)nc(N)n2)CC1. The highest BCUT2D eigenvalue weighted by Crippen LogP contribution is 2.23. The third kappa shape index (κ3) is 2.97. The van der Waals surface area contributed by atoms with Crippen molar-refractivity contribution in [1.29, 1.82) is 0 Å². The first-order chi connectivity index (χ1) is 8.19. The van der Waals surface area contributed by atoms with E-state index in [1.54, 1.807) is 13.2 Å². The Labute approximate surface area is 101 Å². The predicted molar refractivity (Wildman–Crippen MR) is 67.7 cm³/mol. The molecule has 0 aliphatic carbocycles. The summed E-state index contributed by atoms with van der Waals surface area (Å²) in [6, 6.07) is 1.77. The molecule has 0 unspecified atom stereocenters. The van der Waals surface area contributed by atoms with Crippen LogP contribution in [0.5, 0.6) is 0 Å². The average Bonchev–Trinajstić information content (AvgIpc) is 2.29. The number of anilines is 3. The van der Waals surface area contributed by atoms with Gasteiger partial charge in [0.2, 0.25) is 5.95 Å². The molecule has 0 atom stereocenters. The molecule has 94 valence electrons. The first-order valence-electron chi connectivity index (χ1n) is 5.83. The summed E-state index contributed by atoms with van der Waals surface area (Å²) in [5, 5.41) is 0. The highest BCUT2D eigenvalue weighted by atomic mass is 16.5. The van der Waals surface area contributed by atoms with Gasteiger partial charge in [0.25, 0.3) is 0 Å². The first kappa shape index (κ1) is 11.9. The summed E-state index contributed by atoms with van der Waals surface area (Å²) in [5.74, 6) is 2.13. The molecule has 0 bridgehead atoms. The van der Waals surface area contributed by atoms with Crippen LogP contribution in [0, 0.1) is 5.92 Å². The third-order valence-electron chi connectivity index (χ3n) is 3.09. The van der Waals surface area contributed by atoms with E-state index in [1.165, 1.54) is 0 Å². The second-order valence-electron chi connectivity index (χ2n) is 4.39. The smallest absolute Gasteiger partial charge is 0.223 e. The summed E-state index contributed by atoms with van der Waals surface area (Å²) >= 11 is 0. The molecule has 6 heteroatoms. The van der Waals surface area contributed by atoms with Crippen molar-refractivity contribution in [2.75, 3.05) is 43.2 Å². The molecular formula is C11H19N5O. The molecule has 2 heterocycles. The van der Waals surface area contributed by atoms with Crippen LogP contribution in [-0.4, -0.2) is 36.8 Å². The molecule has 2 rings (SSSR count). The van der Waals surface area contributed by atoms with E-state index < -0.39 is 0 Å². The molecule has 17 heavy (non-hydrogen) atoms. The van der Waals surface area contributed by atoms with Gasteiger partial charge in [-0.2, -0.15) is 9.97 Å². The summed E-state index contributed by atoms with van der Waals surface area (Å²) in [6.45, 7) is 2.76. The van der Waals surface area contributed by atoms with Crippen LogP contribution in [0.15, 0.2) is 6.07 Å². The molecule has 1 saturated heterocycles. The molecule has 0 aromatic carbocycles. The molecule has 6 nitrogen and oxygen atoms in total. The number of nitrogens with two attached hydrogens (primary N) is 2. The van der Waals surface area contributed by atoms with Crippen LogP contribution < -0.4 is 16.4 Å². The van der Waals surface area contributed by atoms with Crippen LogP contribution in [0.25, 0.3) is 0 Å². The van der Waals surface area contributed by atoms with Crippen molar-refractivity contribution < 1.29 is 4.74 Å². The molecule has 0 spiro atoms. The molecule has 1 aliphatic heterocycles. The van der Waals surface area contributed by atoms with Crippen LogP contribution in [0.1, 0.15) is 12.8 Å². The van der Waals surface area contributed by atoms with E-state index in [0.717, 1.165) is 38.4 Å². The topological polar surface area (TPSA) is 90.3 Å². The van der Waals surface area contributed by atoms with Gasteiger partial charge in [0, 0.05) is 32.9 Å². The van der Waals surface area contributed by atoms with Crippen molar-refractivity contribution >= 4 is 17.6 Å². The Morgan fingerprint density at radius 1 is 1.35 bits per heavy atom. The number of rotatable bonds is 3. The van der Waals surface area contributed by atoms with Gasteiger partial charge in [-0.15, -0.1) is 0 Å². The lowest BCUT2D eigenvalue weighted by Gasteiger charge is -2.32. The predicted octanol–water partition coefficient (Wildman–Crippen LogP) is 0.504. The zero-order valence-electron chi connectivity index (χ0n) is 10.1. The van der Waals surface area contributed by atoms with Crippen LogP contribution in [0.2, 0.25) is 0 Å². The number of nitrogen functional groups attached to an aromatic ring is 2. The Morgan fingerprint density at radius 3 is 2.65 bits per heavy atom. The van der Waals surface area contributed by atoms with Crippen LogP contribution in [-0.2, 0) is 4.74 Å². The Hall–Kier alpha value is -1.56. The standard InChI is InChI=1S/C11H19N5O/c1-17-7-8-2-4-16(5-3-8)10-6-9(12)14-11(13)15-10/h6,8H,2-5,7H2,1H3,(H4,12,13,14,15).